The van der Waals surface area contributed by atoms with Crippen LogP contribution in [0.1, 0.15) is 16.1 Å². The molecule has 0 saturated carbocycles. The number of rotatable bonds is 5. The first-order valence-electron chi connectivity index (χ1n) is 8.74. The van der Waals surface area contributed by atoms with E-state index < -0.39 is 0 Å². The molecule has 1 amide bonds. The highest BCUT2D eigenvalue weighted by Gasteiger charge is 2.13. The minimum Gasteiger partial charge on any atom is -0.351 e. The number of hydrogen-bond acceptors (Lipinski definition) is 3. The number of aryl methyl sites for hydroxylation is 1. The zero-order valence-corrected chi connectivity index (χ0v) is 17.5. The van der Waals surface area contributed by atoms with E-state index >= 15 is 0 Å². The Morgan fingerprint density at radius 1 is 1.18 bits per heavy atom. The average molecular weight is 458 g/mol. The number of benzene rings is 2. The van der Waals surface area contributed by atoms with Gasteiger partial charge in [-0.3, -0.25) is 9.20 Å². The Morgan fingerprint density at radius 3 is 2.57 bits per heavy atom. The van der Waals surface area contributed by atoms with Gasteiger partial charge < -0.3 is 5.32 Å². The molecular weight excluding hydrogens is 441 g/mol. The summed E-state index contributed by atoms with van der Waals surface area (Å²) in [5, 5.41) is 2.98. The summed E-state index contributed by atoms with van der Waals surface area (Å²) in [7, 11) is 0. The molecule has 7 heteroatoms. The summed E-state index contributed by atoms with van der Waals surface area (Å²) in [6, 6.07) is 14.0. The second-order valence-electron chi connectivity index (χ2n) is 6.48. The number of thiazole rings is 1. The third kappa shape index (κ3) is 4.00. The van der Waals surface area contributed by atoms with Crippen molar-refractivity contribution in [3.8, 4) is 11.3 Å². The fourth-order valence-electron chi connectivity index (χ4n) is 2.95. The molecule has 0 saturated heterocycles. The molecule has 0 bridgehead atoms. The van der Waals surface area contributed by atoms with E-state index in [-0.39, 0.29) is 11.7 Å². The average Bonchev–Trinajstić information content (AvgIpc) is 3.22. The summed E-state index contributed by atoms with van der Waals surface area (Å²) in [5.41, 5.74) is 3.70. The predicted molar refractivity (Wildman–Crippen MR) is 113 cm³/mol. The number of fused-ring (bicyclic) bond motifs is 1. The van der Waals surface area contributed by atoms with Crippen molar-refractivity contribution in [2.45, 2.75) is 19.9 Å². The van der Waals surface area contributed by atoms with Gasteiger partial charge in [0.15, 0.2) is 4.96 Å². The topological polar surface area (TPSA) is 46.4 Å². The number of nitrogens with zero attached hydrogens (tertiary/aromatic N) is 2. The van der Waals surface area contributed by atoms with Crippen LogP contribution in [0.25, 0.3) is 16.2 Å². The molecule has 4 rings (SSSR count). The number of carbonyl (C=O) groups excluding carboxylic acids is 1. The second kappa shape index (κ2) is 7.85. The molecule has 4 aromatic rings. The Balaban J connectivity index is 1.45. The second-order valence-corrected chi connectivity index (χ2v) is 8.45. The summed E-state index contributed by atoms with van der Waals surface area (Å²) >= 11 is 4.94. The van der Waals surface area contributed by atoms with Crippen molar-refractivity contribution in [3.05, 3.63) is 81.2 Å². The van der Waals surface area contributed by atoms with Crippen LogP contribution in [0.3, 0.4) is 0 Å². The lowest BCUT2D eigenvalue weighted by molar-refractivity contribution is -0.120. The Kier molecular flexibility index (Phi) is 5.28. The van der Waals surface area contributed by atoms with Crippen molar-refractivity contribution < 1.29 is 9.18 Å². The van der Waals surface area contributed by atoms with Crippen molar-refractivity contribution in [2.24, 2.45) is 0 Å². The number of aromatic nitrogens is 2. The highest BCUT2D eigenvalue weighted by Crippen LogP contribution is 2.27. The standard InChI is InChI=1S/C21H17BrFN3OS/c1-13-19(11-24-20(27)10-14-2-6-16(22)7-3-14)28-21-25-18(12-26(13)21)15-4-8-17(23)9-5-15/h2-9,12H,10-11H2,1H3,(H,24,27). The first kappa shape index (κ1) is 18.8. The van der Waals surface area contributed by atoms with Crippen molar-refractivity contribution in [1.82, 2.24) is 14.7 Å². The monoisotopic (exact) mass is 457 g/mol. The van der Waals surface area contributed by atoms with Crippen LogP contribution in [-0.4, -0.2) is 15.3 Å². The molecule has 0 unspecified atom stereocenters. The van der Waals surface area contributed by atoms with Gasteiger partial charge in [0.2, 0.25) is 5.91 Å². The van der Waals surface area contributed by atoms with Crippen LogP contribution in [0.5, 0.6) is 0 Å². The molecule has 0 spiro atoms. The fraction of sp³-hybridized carbons (Fsp3) is 0.143. The van der Waals surface area contributed by atoms with E-state index in [4.69, 9.17) is 0 Å². The van der Waals surface area contributed by atoms with Gasteiger partial charge in [-0.25, -0.2) is 9.37 Å². The molecule has 0 atom stereocenters. The Labute approximate surface area is 174 Å². The van der Waals surface area contributed by atoms with E-state index in [9.17, 15) is 9.18 Å². The number of hydrogen-bond donors (Lipinski definition) is 1. The van der Waals surface area contributed by atoms with Crippen molar-refractivity contribution >= 4 is 38.1 Å². The number of halogens is 2. The van der Waals surface area contributed by atoms with Gasteiger partial charge in [0.25, 0.3) is 0 Å². The zero-order chi connectivity index (χ0) is 19.7. The molecular formula is C21H17BrFN3OS. The molecule has 1 N–H and O–H groups in total. The molecule has 0 fully saturated rings. The van der Waals surface area contributed by atoms with Gasteiger partial charge in [-0.2, -0.15) is 0 Å². The van der Waals surface area contributed by atoms with Gasteiger partial charge in [0, 0.05) is 26.8 Å². The maximum absolute atomic E-state index is 13.1. The first-order valence-corrected chi connectivity index (χ1v) is 10.3. The van der Waals surface area contributed by atoms with Crippen LogP contribution < -0.4 is 5.32 Å². The molecule has 2 aromatic heterocycles. The minimum atomic E-state index is -0.262. The van der Waals surface area contributed by atoms with Crippen molar-refractivity contribution in [3.63, 3.8) is 0 Å². The highest BCUT2D eigenvalue weighted by molar-refractivity contribution is 9.10. The van der Waals surface area contributed by atoms with Gasteiger partial charge in [0.1, 0.15) is 5.82 Å². The maximum Gasteiger partial charge on any atom is 0.224 e. The normalized spacial score (nSPS) is 11.1. The van der Waals surface area contributed by atoms with E-state index in [0.717, 1.165) is 36.8 Å². The predicted octanol–water partition coefficient (Wildman–Crippen LogP) is 5.13. The molecule has 2 heterocycles. The molecule has 142 valence electrons. The van der Waals surface area contributed by atoms with Gasteiger partial charge in [-0.1, -0.05) is 39.4 Å². The number of amides is 1. The van der Waals surface area contributed by atoms with Crippen LogP contribution in [0.15, 0.2) is 59.2 Å². The van der Waals surface area contributed by atoms with Crippen LogP contribution >= 0.6 is 27.3 Å². The van der Waals surface area contributed by atoms with Gasteiger partial charge in [-0.15, -0.1) is 0 Å². The van der Waals surface area contributed by atoms with Crippen LogP contribution in [0.4, 0.5) is 4.39 Å². The molecule has 0 aliphatic carbocycles. The summed E-state index contributed by atoms with van der Waals surface area (Å²) in [4.78, 5) is 18.8. The summed E-state index contributed by atoms with van der Waals surface area (Å²) in [6.07, 6.45) is 2.30. The fourth-order valence-corrected chi connectivity index (χ4v) is 4.25. The molecule has 0 aliphatic rings. The zero-order valence-electron chi connectivity index (χ0n) is 15.1. The lowest BCUT2D eigenvalue weighted by Gasteiger charge is -2.05. The molecule has 4 nitrogen and oxygen atoms in total. The van der Waals surface area contributed by atoms with Gasteiger partial charge in [0.05, 0.1) is 18.7 Å². The number of carbonyl (C=O) groups is 1. The van der Waals surface area contributed by atoms with Gasteiger partial charge in [-0.05, 0) is 48.9 Å². The van der Waals surface area contributed by atoms with E-state index in [2.05, 4.69) is 26.2 Å². The van der Waals surface area contributed by atoms with Crippen molar-refractivity contribution in [2.75, 3.05) is 0 Å². The smallest absolute Gasteiger partial charge is 0.224 e. The molecule has 28 heavy (non-hydrogen) atoms. The molecule has 0 aliphatic heterocycles. The summed E-state index contributed by atoms with van der Waals surface area (Å²) < 4.78 is 16.1. The number of nitrogens with one attached hydrogen (secondary N) is 1. The van der Waals surface area contributed by atoms with Crippen LogP contribution in [0, 0.1) is 12.7 Å². The Bertz CT molecular complexity index is 1130. The SMILES string of the molecule is Cc1c(CNC(=O)Cc2ccc(Br)cc2)sc2nc(-c3ccc(F)cc3)cn12. The van der Waals surface area contributed by atoms with E-state index in [1.807, 2.05) is 41.8 Å². The molecule has 2 aromatic carbocycles. The maximum atomic E-state index is 13.1. The quantitative estimate of drug-likeness (QED) is 0.451. The van der Waals surface area contributed by atoms with Gasteiger partial charge >= 0.3 is 0 Å². The Morgan fingerprint density at radius 2 is 1.89 bits per heavy atom. The van der Waals surface area contributed by atoms with E-state index in [1.54, 1.807) is 23.5 Å². The Hall–Kier alpha value is -2.51. The third-order valence-corrected chi connectivity index (χ3v) is 6.20. The lowest BCUT2D eigenvalue weighted by Crippen LogP contribution is -2.24. The van der Waals surface area contributed by atoms with Crippen LogP contribution in [-0.2, 0) is 17.8 Å². The van der Waals surface area contributed by atoms with Crippen molar-refractivity contribution in [1.29, 1.82) is 0 Å². The largest absolute Gasteiger partial charge is 0.351 e. The van der Waals surface area contributed by atoms with E-state index in [0.29, 0.717) is 13.0 Å². The highest BCUT2D eigenvalue weighted by atomic mass is 79.9. The first-order chi connectivity index (χ1) is 13.5. The lowest BCUT2D eigenvalue weighted by atomic mass is 10.1. The third-order valence-electron chi connectivity index (χ3n) is 4.52. The summed E-state index contributed by atoms with van der Waals surface area (Å²) in [5.74, 6) is -0.276. The molecule has 0 radical (unpaired) electrons. The number of imidazole rings is 1. The minimum absolute atomic E-state index is 0.0141. The summed E-state index contributed by atoms with van der Waals surface area (Å²) in [6.45, 7) is 2.48. The van der Waals surface area contributed by atoms with Crippen LogP contribution in [0.2, 0.25) is 0 Å². The van der Waals surface area contributed by atoms with E-state index in [1.165, 1.54) is 12.1 Å².